The minimum Gasteiger partial charge on any atom is -0.491 e. The van der Waals surface area contributed by atoms with Gasteiger partial charge >= 0.3 is 0 Å². The Kier molecular flexibility index (Phi) is 8.68. The van der Waals surface area contributed by atoms with Crippen molar-refractivity contribution in [3.05, 3.63) is 58.1 Å². The van der Waals surface area contributed by atoms with E-state index in [1.165, 1.54) is 17.5 Å². The fourth-order valence-corrected chi connectivity index (χ4v) is 4.93. The van der Waals surface area contributed by atoms with Crippen molar-refractivity contribution in [2.45, 2.75) is 39.0 Å². The van der Waals surface area contributed by atoms with Crippen molar-refractivity contribution >= 4 is 27.5 Å². The molecule has 0 radical (unpaired) electrons. The number of amides is 1. The van der Waals surface area contributed by atoms with E-state index < -0.39 is 0 Å². The number of ether oxygens (including phenoxy) is 2. The minimum absolute atomic E-state index is 0.155. The van der Waals surface area contributed by atoms with Gasteiger partial charge in [0.1, 0.15) is 5.75 Å². The highest BCUT2D eigenvalue weighted by Gasteiger charge is 2.23. The van der Waals surface area contributed by atoms with Gasteiger partial charge in [-0.1, -0.05) is 45.8 Å². The SMILES string of the molecule is Cc1ccc(CCC2CCN(C(=O)CNc3cc(Br)ccc3OCC3CCOC3)CC2)cc1. The topological polar surface area (TPSA) is 50.8 Å². The van der Waals surface area contributed by atoms with Crippen LogP contribution in [0.4, 0.5) is 5.69 Å². The summed E-state index contributed by atoms with van der Waals surface area (Å²) in [6.45, 7) is 6.33. The number of hydrogen-bond donors (Lipinski definition) is 1. The lowest BCUT2D eigenvalue weighted by molar-refractivity contribution is -0.130. The molecule has 2 aliphatic heterocycles. The molecule has 2 saturated heterocycles. The molecule has 1 amide bonds. The molecule has 0 spiro atoms. The summed E-state index contributed by atoms with van der Waals surface area (Å²) in [7, 11) is 0. The molecule has 0 aromatic heterocycles. The summed E-state index contributed by atoms with van der Waals surface area (Å²) in [5, 5.41) is 3.31. The molecule has 4 rings (SSSR count). The van der Waals surface area contributed by atoms with Crippen molar-refractivity contribution < 1.29 is 14.3 Å². The number of nitrogens with zero attached hydrogens (tertiary/aromatic N) is 1. The number of nitrogens with one attached hydrogen (secondary N) is 1. The zero-order valence-corrected chi connectivity index (χ0v) is 21.1. The normalized spacial score (nSPS) is 19.0. The Bertz CT molecular complexity index is 904. The number of carbonyl (C=O) groups excluding carboxylic acids is 1. The number of carbonyl (C=O) groups is 1. The molecule has 6 heteroatoms. The third-order valence-electron chi connectivity index (χ3n) is 6.80. The van der Waals surface area contributed by atoms with Crippen LogP contribution in [0, 0.1) is 18.8 Å². The highest BCUT2D eigenvalue weighted by molar-refractivity contribution is 9.10. The molecule has 1 N–H and O–H groups in total. The van der Waals surface area contributed by atoms with E-state index >= 15 is 0 Å². The minimum atomic E-state index is 0.155. The molecule has 2 heterocycles. The van der Waals surface area contributed by atoms with Crippen molar-refractivity contribution in [2.24, 2.45) is 11.8 Å². The smallest absolute Gasteiger partial charge is 0.241 e. The number of halogens is 1. The molecule has 1 unspecified atom stereocenters. The van der Waals surface area contributed by atoms with Crippen LogP contribution in [0.25, 0.3) is 0 Å². The van der Waals surface area contributed by atoms with Gasteiger partial charge in [-0.2, -0.15) is 0 Å². The highest BCUT2D eigenvalue weighted by Crippen LogP contribution is 2.29. The average Bonchev–Trinajstić information content (AvgIpc) is 3.35. The zero-order chi connectivity index (χ0) is 23.0. The van der Waals surface area contributed by atoms with Gasteiger partial charge in [-0.15, -0.1) is 0 Å². The molecule has 2 aliphatic rings. The van der Waals surface area contributed by atoms with Crippen LogP contribution in [0.15, 0.2) is 46.9 Å². The summed E-state index contributed by atoms with van der Waals surface area (Å²) in [5.74, 6) is 2.08. The number of rotatable bonds is 9. The molecular weight excluding hydrogens is 480 g/mol. The van der Waals surface area contributed by atoms with Crippen LogP contribution in [-0.2, 0) is 16.0 Å². The first-order chi connectivity index (χ1) is 16.1. The lowest BCUT2D eigenvalue weighted by atomic mass is 9.90. The van der Waals surface area contributed by atoms with Gasteiger partial charge in [-0.05, 0) is 68.7 Å². The van der Waals surface area contributed by atoms with Crippen molar-refractivity contribution in [3.8, 4) is 5.75 Å². The molecule has 1 atom stereocenters. The predicted molar refractivity (Wildman–Crippen MR) is 136 cm³/mol. The van der Waals surface area contributed by atoms with Gasteiger partial charge in [0, 0.05) is 30.1 Å². The van der Waals surface area contributed by atoms with Crippen LogP contribution in [0.1, 0.15) is 36.8 Å². The third-order valence-corrected chi connectivity index (χ3v) is 7.29. The zero-order valence-electron chi connectivity index (χ0n) is 19.5. The van der Waals surface area contributed by atoms with E-state index in [1.807, 2.05) is 23.1 Å². The van der Waals surface area contributed by atoms with Crippen LogP contribution in [0.3, 0.4) is 0 Å². The highest BCUT2D eigenvalue weighted by atomic mass is 79.9. The summed E-state index contributed by atoms with van der Waals surface area (Å²) in [5.41, 5.74) is 3.57. The maximum Gasteiger partial charge on any atom is 0.241 e. The maximum atomic E-state index is 12.8. The fraction of sp³-hybridized carbons (Fsp3) is 0.519. The Morgan fingerprint density at radius 3 is 2.64 bits per heavy atom. The van der Waals surface area contributed by atoms with Gasteiger partial charge < -0.3 is 19.7 Å². The van der Waals surface area contributed by atoms with E-state index in [4.69, 9.17) is 9.47 Å². The number of piperidine rings is 1. The Morgan fingerprint density at radius 2 is 1.91 bits per heavy atom. The largest absolute Gasteiger partial charge is 0.491 e. The van der Waals surface area contributed by atoms with Gasteiger partial charge in [-0.3, -0.25) is 4.79 Å². The fourth-order valence-electron chi connectivity index (χ4n) is 4.57. The van der Waals surface area contributed by atoms with Crippen LogP contribution in [-0.4, -0.2) is 50.3 Å². The number of benzene rings is 2. The number of aryl methyl sites for hydroxylation is 2. The van der Waals surface area contributed by atoms with E-state index in [9.17, 15) is 4.79 Å². The van der Waals surface area contributed by atoms with E-state index in [0.29, 0.717) is 18.4 Å². The Hall–Kier alpha value is -2.05. The number of likely N-dealkylation sites (tertiary alicyclic amines) is 1. The predicted octanol–water partition coefficient (Wildman–Crippen LogP) is 5.46. The van der Waals surface area contributed by atoms with Crippen molar-refractivity contribution in [2.75, 3.05) is 44.8 Å². The first kappa shape index (κ1) is 24.1. The summed E-state index contributed by atoms with van der Waals surface area (Å²) in [6, 6.07) is 14.7. The van der Waals surface area contributed by atoms with Crippen molar-refractivity contribution in [3.63, 3.8) is 0 Å². The second-order valence-electron chi connectivity index (χ2n) is 9.38. The van der Waals surface area contributed by atoms with Crippen LogP contribution in [0.2, 0.25) is 0 Å². The lowest BCUT2D eigenvalue weighted by Crippen LogP contribution is -2.41. The van der Waals surface area contributed by atoms with Gasteiger partial charge in [0.05, 0.1) is 25.4 Å². The van der Waals surface area contributed by atoms with Gasteiger partial charge in [0.2, 0.25) is 5.91 Å². The van der Waals surface area contributed by atoms with Crippen molar-refractivity contribution in [1.29, 1.82) is 0 Å². The Morgan fingerprint density at radius 1 is 1.12 bits per heavy atom. The molecule has 33 heavy (non-hydrogen) atoms. The molecule has 0 aliphatic carbocycles. The summed E-state index contributed by atoms with van der Waals surface area (Å²) in [4.78, 5) is 14.9. The van der Waals surface area contributed by atoms with E-state index in [2.05, 4.69) is 52.4 Å². The number of hydrogen-bond acceptors (Lipinski definition) is 4. The third kappa shape index (κ3) is 7.21. The van der Waals surface area contributed by atoms with Crippen LogP contribution in [0.5, 0.6) is 5.75 Å². The Balaban J connectivity index is 1.21. The average molecular weight is 515 g/mol. The van der Waals surface area contributed by atoms with Crippen molar-refractivity contribution in [1.82, 2.24) is 4.90 Å². The molecule has 5 nitrogen and oxygen atoms in total. The Labute approximate surface area is 206 Å². The molecular formula is C27H35BrN2O3. The summed E-state index contributed by atoms with van der Waals surface area (Å²) >= 11 is 3.53. The van der Waals surface area contributed by atoms with E-state index in [1.54, 1.807) is 0 Å². The molecule has 2 fully saturated rings. The molecule has 2 aromatic rings. The van der Waals surface area contributed by atoms with Gasteiger partial charge in [0.15, 0.2) is 0 Å². The first-order valence-corrected chi connectivity index (χ1v) is 12.9. The standard InChI is InChI=1S/C27H35BrN2O3/c1-20-2-4-21(5-3-20)6-7-22-10-13-30(14-11-22)27(31)17-29-25-16-24(28)8-9-26(25)33-19-23-12-15-32-18-23/h2-5,8-9,16,22-23,29H,6-7,10-15,17-19H2,1H3. The molecule has 0 saturated carbocycles. The quantitative estimate of drug-likeness (QED) is 0.482. The first-order valence-electron chi connectivity index (χ1n) is 12.1. The number of anilines is 1. The lowest BCUT2D eigenvalue weighted by Gasteiger charge is -2.32. The maximum absolute atomic E-state index is 12.8. The second-order valence-corrected chi connectivity index (χ2v) is 10.3. The van der Waals surface area contributed by atoms with Crippen LogP contribution < -0.4 is 10.1 Å². The van der Waals surface area contributed by atoms with Crippen LogP contribution >= 0.6 is 15.9 Å². The molecule has 2 aromatic carbocycles. The monoisotopic (exact) mass is 514 g/mol. The van der Waals surface area contributed by atoms with Gasteiger partial charge in [-0.25, -0.2) is 0 Å². The van der Waals surface area contributed by atoms with E-state index in [-0.39, 0.29) is 12.5 Å². The van der Waals surface area contributed by atoms with Gasteiger partial charge in [0.25, 0.3) is 0 Å². The molecule has 0 bridgehead atoms. The second kappa shape index (κ2) is 11.9. The summed E-state index contributed by atoms with van der Waals surface area (Å²) in [6.07, 6.45) is 5.55. The summed E-state index contributed by atoms with van der Waals surface area (Å²) < 4.78 is 12.4. The molecule has 178 valence electrons. The van der Waals surface area contributed by atoms with E-state index in [0.717, 1.165) is 67.9 Å².